The van der Waals surface area contributed by atoms with Gasteiger partial charge >= 0.3 is 16.4 Å². The van der Waals surface area contributed by atoms with Gasteiger partial charge in [0, 0.05) is 23.0 Å². The molecule has 3 atom stereocenters. The maximum atomic E-state index is 13.4. The fourth-order valence-corrected chi connectivity index (χ4v) is 6.05. The number of carbonyl (C=O) groups excluding carboxylic acids is 2. The van der Waals surface area contributed by atoms with Gasteiger partial charge in [-0.3, -0.25) is 19.6 Å². The van der Waals surface area contributed by atoms with Crippen LogP contribution in [0.3, 0.4) is 0 Å². The molecule has 0 radical (unpaired) electrons. The number of carboxylic acids is 1. The van der Waals surface area contributed by atoms with E-state index in [-0.39, 0.29) is 22.7 Å². The summed E-state index contributed by atoms with van der Waals surface area (Å²) in [6.45, 7) is 5.70. The minimum Gasteiger partial charge on any atom is -0.489 e. The number of nitrogen functional groups attached to an aromatic ring is 1. The summed E-state index contributed by atoms with van der Waals surface area (Å²) in [6.07, 6.45) is 0.644. The van der Waals surface area contributed by atoms with Crippen molar-refractivity contribution >= 4 is 56.2 Å². The molecule has 0 saturated carbocycles. The van der Waals surface area contributed by atoms with E-state index in [1.807, 2.05) is 0 Å². The monoisotopic (exact) mass is 696 g/mol. The number of aliphatic carboxylic acids is 1. The molecule has 0 unspecified atom stereocenters. The van der Waals surface area contributed by atoms with Crippen LogP contribution in [0.4, 0.5) is 5.13 Å². The number of aromatic nitrogens is 1. The number of benzene rings is 1. The van der Waals surface area contributed by atoms with Crippen LogP contribution in [0.25, 0.3) is 0 Å². The third-order valence-corrected chi connectivity index (χ3v) is 8.70. The quantitative estimate of drug-likeness (QED) is 0.0452. The van der Waals surface area contributed by atoms with Crippen LogP contribution in [0.15, 0.2) is 29.4 Å². The van der Waals surface area contributed by atoms with E-state index in [0.717, 1.165) is 37.3 Å². The first-order valence-electron chi connectivity index (χ1n) is 14.4. The topological polar surface area (TPSA) is 268 Å². The molecule has 2 fully saturated rings. The summed E-state index contributed by atoms with van der Waals surface area (Å²) in [6, 6.07) is 5.27. The van der Waals surface area contributed by atoms with Gasteiger partial charge in [0.1, 0.15) is 29.9 Å². The third kappa shape index (κ3) is 8.71. The van der Waals surface area contributed by atoms with Crippen LogP contribution in [-0.2, 0) is 40.3 Å². The van der Waals surface area contributed by atoms with E-state index in [4.69, 9.17) is 25.3 Å². The molecule has 2 saturated heterocycles. The Balaban J connectivity index is 1.46. The van der Waals surface area contributed by atoms with Gasteiger partial charge in [-0.05, 0) is 63.9 Å². The smallest absolute Gasteiger partial charge is 0.418 e. The number of hydrogen-bond acceptors (Lipinski definition) is 14. The van der Waals surface area contributed by atoms with E-state index in [9.17, 15) is 27.9 Å². The Hall–Kier alpha value is -4.37. The first-order valence-corrected chi connectivity index (χ1v) is 16.6. The molecule has 8 N–H and O–H groups in total. The minimum atomic E-state index is -5.03. The summed E-state index contributed by atoms with van der Waals surface area (Å²) >= 11 is 1.06. The molecule has 18 nitrogen and oxygen atoms in total. The van der Waals surface area contributed by atoms with Gasteiger partial charge in [-0.2, -0.15) is 13.5 Å². The highest BCUT2D eigenvalue weighted by Gasteiger charge is 2.58. The molecule has 4 rings (SSSR count). The van der Waals surface area contributed by atoms with Crippen LogP contribution < -0.4 is 26.4 Å². The van der Waals surface area contributed by atoms with Crippen LogP contribution in [-0.4, -0.2) is 101 Å². The van der Waals surface area contributed by atoms with Crippen molar-refractivity contribution in [2.24, 2.45) is 5.16 Å². The van der Waals surface area contributed by atoms with Crippen LogP contribution in [0.5, 0.6) is 5.75 Å². The number of β-lactam (4-membered cyclic amide) rings is 1. The summed E-state index contributed by atoms with van der Waals surface area (Å²) in [7, 11) is -5.03. The maximum Gasteiger partial charge on any atom is 0.418 e. The zero-order valence-electron chi connectivity index (χ0n) is 25.7. The Morgan fingerprint density at radius 1 is 1.30 bits per heavy atom. The number of hydrogen-bond donors (Lipinski definition) is 7. The summed E-state index contributed by atoms with van der Waals surface area (Å²) in [5, 5.41) is 31.3. The minimum absolute atomic E-state index is 0.0103. The van der Waals surface area contributed by atoms with Crippen molar-refractivity contribution in [2.75, 3.05) is 25.4 Å². The summed E-state index contributed by atoms with van der Waals surface area (Å²) in [5.41, 5.74) is 4.53. The SMILES string of the molecule is CCc1sc(N)nc1/C(=N/O[C@@H](COc1ccc(C(=N)N[C@H]2CCCNC2)cc1)C(=O)O)C(=O)N[C@@H]1C(=O)N(OS(=O)(=O)O)C1(C)C. The van der Waals surface area contributed by atoms with Crippen molar-refractivity contribution in [1.29, 1.82) is 5.41 Å². The zero-order valence-corrected chi connectivity index (χ0v) is 27.3. The largest absolute Gasteiger partial charge is 0.489 e. The number of thiazole rings is 1. The average molecular weight is 697 g/mol. The van der Waals surface area contributed by atoms with Gasteiger partial charge in [-0.1, -0.05) is 12.1 Å². The molecule has 3 heterocycles. The highest BCUT2D eigenvalue weighted by molar-refractivity contribution is 7.80. The number of anilines is 1. The fraction of sp³-hybridized carbons (Fsp3) is 0.481. The molecule has 1 aromatic heterocycles. The number of hydroxylamine groups is 2. The molecule has 2 aromatic rings. The van der Waals surface area contributed by atoms with Gasteiger partial charge in [-0.15, -0.1) is 15.6 Å². The molecule has 0 spiro atoms. The van der Waals surface area contributed by atoms with Crippen molar-refractivity contribution in [1.82, 2.24) is 26.0 Å². The molecular formula is C27H36N8O10S2. The Morgan fingerprint density at radius 3 is 2.57 bits per heavy atom. The van der Waals surface area contributed by atoms with E-state index >= 15 is 0 Å². The number of carboxylic acid groups (broad SMARTS) is 1. The maximum absolute atomic E-state index is 13.4. The number of carbonyl (C=O) groups is 3. The summed E-state index contributed by atoms with van der Waals surface area (Å²) in [5.74, 6) is -2.92. The third-order valence-electron chi connectivity index (χ3n) is 7.33. The molecule has 256 valence electrons. The first kappa shape index (κ1) is 35.5. The van der Waals surface area contributed by atoms with Gasteiger partial charge < -0.3 is 36.4 Å². The zero-order chi connectivity index (χ0) is 34.5. The second kappa shape index (κ2) is 14.6. The van der Waals surface area contributed by atoms with E-state index in [1.54, 1.807) is 31.2 Å². The number of amides is 2. The standard InChI is InChI=1S/C27H36N8O10S2/c1-4-18-19(32-26(29)46-18)20(23(36)33-21-24(37)35(27(21,2)3)45-47(40,41)42)34-44-17(25(38)39)13-43-16-9-7-14(8-10-16)22(28)31-15-6-5-11-30-12-15/h7-10,15,17,21,30H,4-6,11-13H2,1-3H3,(H2,28,31)(H2,29,32)(H,33,36)(H,38,39)(H,40,41,42)/b34-20-/t15-,17-,21+/m0/s1. The molecule has 2 aliphatic rings. The van der Waals surface area contributed by atoms with Crippen molar-refractivity contribution in [2.45, 2.75) is 63.8 Å². The van der Waals surface area contributed by atoms with Gasteiger partial charge in [-0.25, -0.2) is 9.78 Å². The second-order valence-electron chi connectivity index (χ2n) is 11.1. The van der Waals surface area contributed by atoms with E-state index in [2.05, 4.69) is 30.4 Å². The number of nitrogens with one attached hydrogen (secondary N) is 4. The molecule has 2 aliphatic heterocycles. The lowest BCUT2D eigenvalue weighted by Gasteiger charge is -2.50. The van der Waals surface area contributed by atoms with Crippen LogP contribution in [0.1, 0.15) is 49.7 Å². The Kier molecular flexibility index (Phi) is 11.0. The highest BCUT2D eigenvalue weighted by atomic mass is 32.3. The van der Waals surface area contributed by atoms with Crippen molar-refractivity contribution in [3.05, 3.63) is 40.4 Å². The van der Waals surface area contributed by atoms with Crippen LogP contribution in [0, 0.1) is 5.41 Å². The second-order valence-corrected chi connectivity index (χ2v) is 13.3. The molecule has 20 heteroatoms. The van der Waals surface area contributed by atoms with Crippen LogP contribution >= 0.6 is 11.3 Å². The Labute approximate surface area is 274 Å². The molecule has 0 bridgehead atoms. The molecule has 47 heavy (non-hydrogen) atoms. The normalized spacial score (nSPS) is 20.1. The van der Waals surface area contributed by atoms with E-state index < -0.39 is 58.2 Å². The lowest BCUT2D eigenvalue weighted by atomic mass is 9.84. The molecule has 1 aromatic carbocycles. The number of rotatable bonds is 14. The number of nitrogens with zero attached hydrogens (tertiary/aromatic N) is 3. The van der Waals surface area contributed by atoms with Crippen molar-refractivity contribution in [3.63, 3.8) is 0 Å². The van der Waals surface area contributed by atoms with E-state index in [1.165, 1.54) is 13.8 Å². The van der Waals surface area contributed by atoms with Crippen molar-refractivity contribution < 1.29 is 46.3 Å². The van der Waals surface area contributed by atoms with Gasteiger partial charge in [0.15, 0.2) is 10.8 Å². The lowest BCUT2D eigenvalue weighted by molar-refractivity contribution is -0.218. The number of amidine groups is 1. The summed E-state index contributed by atoms with van der Waals surface area (Å²) < 4.78 is 41.2. The highest BCUT2D eigenvalue weighted by Crippen LogP contribution is 2.33. The van der Waals surface area contributed by atoms with Gasteiger partial charge in [0.25, 0.3) is 17.9 Å². The average Bonchev–Trinajstić information content (AvgIpc) is 3.40. The van der Waals surface area contributed by atoms with Crippen molar-refractivity contribution in [3.8, 4) is 5.75 Å². The lowest BCUT2D eigenvalue weighted by Crippen LogP contribution is -2.76. The number of aryl methyl sites for hydroxylation is 1. The van der Waals surface area contributed by atoms with Gasteiger partial charge in [0.2, 0.25) is 0 Å². The predicted molar refractivity (Wildman–Crippen MR) is 168 cm³/mol. The molecule has 2 amide bonds. The number of nitrogens with two attached hydrogens (primary N) is 1. The summed E-state index contributed by atoms with van der Waals surface area (Å²) in [4.78, 5) is 48.0. The predicted octanol–water partition coefficient (Wildman–Crippen LogP) is 0.0476. The first-order chi connectivity index (χ1) is 22.1. The fourth-order valence-electron chi connectivity index (χ4n) is 4.82. The van der Waals surface area contributed by atoms with Crippen LogP contribution in [0.2, 0.25) is 0 Å². The Morgan fingerprint density at radius 2 is 2.00 bits per heavy atom. The molecule has 0 aliphatic carbocycles. The number of ether oxygens (including phenoxy) is 1. The number of piperidine rings is 1. The Bertz CT molecular complexity index is 1640. The van der Waals surface area contributed by atoms with E-state index in [0.29, 0.717) is 27.7 Å². The van der Waals surface area contributed by atoms with Gasteiger partial charge in [0.05, 0.1) is 5.54 Å². The molecular weight excluding hydrogens is 660 g/mol. The number of oxime groups is 1.